The van der Waals surface area contributed by atoms with Crippen LogP contribution in [0.2, 0.25) is 0 Å². The number of hydrogen-bond acceptors (Lipinski definition) is 7. The monoisotopic (exact) mass is 465 g/mol. The molecule has 4 aromatic rings. The molecule has 0 bridgehead atoms. The Kier molecular flexibility index (Phi) is 6.67. The summed E-state index contributed by atoms with van der Waals surface area (Å²) >= 11 is 2.54. The predicted molar refractivity (Wildman–Crippen MR) is 127 cm³/mol. The maximum Gasteiger partial charge on any atom is 0.349 e. The average Bonchev–Trinajstić information content (AvgIpc) is 3.20. The molecule has 2 aromatic carbocycles. The van der Waals surface area contributed by atoms with Crippen molar-refractivity contribution >= 4 is 50.9 Å². The maximum absolute atomic E-state index is 13.0. The first-order valence-electron chi connectivity index (χ1n) is 9.85. The fourth-order valence-electron chi connectivity index (χ4n) is 3.00. The summed E-state index contributed by atoms with van der Waals surface area (Å²) in [6, 6.07) is 17.9. The summed E-state index contributed by atoms with van der Waals surface area (Å²) in [7, 11) is 0. The highest BCUT2D eigenvalue weighted by atomic mass is 32.2. The zero-order valence-corrected chi connectivity index (χ0v) is 18.7. The van der Waals surface area contributed by atoms with Crippen molar-refractivity contribution in [3.05, 3.63) is 76.6 Å². The molecule has 9 heteroatoms. The second-order valence-electron chi connectivity index (χ2n) is 6.71. The second-order valence-corrected chi connectivity index (χ2v) is 8.93. The first-order chi connectivity index (χ1) is 15.5. The Morgan fingerprint density at radius 3 is 2.62 bits per heavy atom. The van der Waals surface area contributed by atoms with Crippen molar-refractivity contribution in [3.8, 4) is 11.3 Å². The van der Waals surface area contributed by atoms with E-state index in [9.17, 15) is 14.4 Å². The summed E-state index contributed by atoms with van der Waals surface area (Å²) in [5, 5.41) is 6.70. The molecule has 4 rings (SSSR count). The third-order valence-corrected chi connectivity index (χ3v) is 6.58. The topological polar surface area (TPSA) is 101 Å². The molecule has 0 radical (unpaired) electrons. The summed E-state index contributed by atoms with van der Waals surface area (Å²) in [6.07, 6.45) is 0. The van der Waals surface area contributed by atoms with Crippen LogP contribution >= 0.6 is 23.1 Å². The molecule has 0 spiro atoms. The zero-order chi connectivity index (χ0) is 22.5. The van der Waals surface area contributed by atoms with Gasteiger partial charge in [-0.1, -0.05) is 71.6 Å². The Morgan fingerprint density at radius 1 is 1.09 bits per heavy atom. The summed E-state index contributed by atoms with van der Waals surface area (Å²) in [4.78, 5) is 41.8. The number of amides is 2. The Bertz CT molecular complexity index is 1330. The summed E-state index contributed by atoms with van der Waals surface area (Å²) < 4.78 is 5.92. The molecule has 0 atom stereocenters. The van der Waals surface area contributed by atoms with E-state index in [-0.39, 0.29) is 17.2 Å². The first kappa shape index (κ1) is 21.8. The lowest BCUT2D eigenvalue weighted by molar-refractivity contribution is -0.118. The van der Waals surface area contributed by atoms with Crippen LogP contribution in [0.5, 0.6) is 0 Å². The number of fused-ring (bicyclic) bond motifs is 1. The number of para-hydroxylation sites is 1. The van der Waals surface area contributed by atoms with Gasteiger partial charge in [-0.05, 0) is 19.1 Å². The quantitative estimate of drug-likeness (QED) is 0.310. The van der Waals surface area contributed by atoms with Crippen LogP contribution in [0.15, 0.2) is 74.2 Å². The van der Waals surface area contributed by atoms with Gasteiger partial charge in [-0.25, -0.2) is 9.78 Å². The number of thiazole rings is 1. The van der Waals surface area contributed by atoms with E-state index in [2.05, 4.69) is 15.6 Å². The van der Waals surface area contributed by atoms with Crippen molar-refractivity contribution in [2.75, 3.05) is 17.6 Å². The van der Waals surface area contributed by atoms with E-state index in [4.69, 9.17) is 4.42 Å². The minimum Gasteiger partial charge on any atom is -0.422 e. The van der Waals surface area contributed by atoms with Crippen molar-refractivity contribution in [1.29, 1.82) is 0 Å². The SMILES string of the molecule is CCNC(=O)CSc1nc(-c2ccccc2)c(NC(=O)c2cc3ccccc3oc2=O)s1. The standard InChI is InChI=1S/C23H19N3O4S2/c1-2-24-18(27)13-31-23-25-19(14-8-4-3-5-9-14)21(32-23)26-20(28)16-12-15-10-6-7-11-17(15)30-22(16)29/h3-12H,2,13H2,1H3,(H,24,27)(H,26,28). The lowest BCUT2D eigenvalue weighted by Crippen LogP contribution is -2.24. The Hall–Kier alpha value is -3.43. The summed E-state index contributed by atoms with van der Waals surface area (Å²) in [5.74, 6) is -0.448. The van der Waals surface area contributed by atoms with Gasteiger partial charge in [-0.3, -0.25) is 9.59 Å². The molecule has 7 nitrogen and oxygen atoms in total. The van der Waals surface area contributed by atoms with E-state index >= 15 is 0 Å². The number of carbonyl (C=O) groups excluding carboxylic acids is 2. The van der Waals surface area contributed by atoms with E-state index in [0.717, 1.165) is 5.56 Å². The Balaban J connectivity index is 1.64. The van der Waals surface area contributed by atoms with Gasteiger partial charge in [0.15, 0.2) is 4.34 Å². The normalized spacial score (nSPS) is 10.8. The average molecular weight is 466 g/mol. The van der Waals surface area contributed by atoms with E-state index < -0.39 is 11.5 Å². The van der Waals surface area contributed by atoms with Crippen LogP contribution in [0.1, 0.15) is 17.3 Å². The van der Waals surface area contributed by atoms with E-state index in [1.807, 2.05) is 37.3 Å². The van der Waals surface area contributed by atoms with Crippen molar-refractivity contribution in [2.24, 2.45) is 0 Å². The van der Waals surface area contributed by atoms with Gasteiger partial charge in [0, 0.05) is 17.5 Å². The van der Waals surface area contributed by atoms with Gasteiger partial charge in [0.05, 0.1) is 5.75 Å². The smallest absolute Gasteiger partial charge is 0.349 e. The molecule has 32 heavy (non-hydrogen) atoms. The molecular weight excluding hydrogens is 446 g/mol. The third-order valence-electron chi connectivity index (χ3n) is 4.47. The molecule has 0 aliphatic carbocycles. The van der Waals surface area contributed by atoms with Crippen LogP contribution in [-0.4, -0.2) is 29.1 Å². The number of nitrogens with zero attached hydrogens (tertiary/aromatic N) is 1. The molecule has 162 valence electrons. The molecule has 2 N–H and O–H groups in total. The summed E-state index contributed by atoms with van der Waals surface area (Å²) in [6.45, 7) is 2.42. The first-order valence-corrected chi connectivity index (χ1v) is 11.7. The number of aromatic nitrogens is 1. The highest BCUT2D eigenvalue weighted by molar-refractivity contribution is 8.01. The molecular formula is C23H19N3O4S2. The van der Waals surface area contributed by atoms with Crippen LogP contribution < -0.4 is 16.3 Å². The molecule has 0 saturated carbocycles. The predicted octanol–water partition coefficient (Wildman–Crippen LogP) is 4.40. The van der Waals surface area contributed by atoms with Gasteiger partial charge in [0.25, 0.3) is 5.91 Å². The van der Waals surface area contributed by atoms with Crippen LogP contribution in [0.3, 0.4) is 0 Å². The minimum atomic E-state index is -0.710. The fraction of sp³-hybridized carbons (Fsp3) is 0.130. The lowest BCUT2D eigenvalue weighted by atomic mass is 10.1. The van der Waals surface area contributed by atoms with Crippen molar-refractivity contribution in [3.63, 3.8) is 0 Å². The molecule has 2 amide bonds. The number of thioether (sulfide) groups is 1. The fourth-order valence-corrected chi connectivity index (χ4v) is 4.90. The van der Waals surface area contributed by atoms with Crippen LogP contribution in [0, 0.1) is 0 Å². The highest BCUT2D eigenvalue weighted by Crippen LogP contribution is 2.37. The number of hydrogen-bond donors (Lipinski definition) is 2. The molecule has 2 heterocycles. The minimum absolute atomic E-state index is 0.0895. The van der Waals surface area contributed by atoms with Gasteiger partial charge in [0.1, 0.15) is 21.8 Å². The number of anilines is 1. The van der Waals surface area contributed by atoms with Crippen LogP contribution in [0.25, 0.3) is 22.2 Å². The maximum atomic E-state index is 13.0. The second kappa shape index (κ2) is 9.80. The zero-order valence-electron chi connectivity index (χ0n) is 17.1. The number of carbonyl (C=O) groups is 2. The molecule has 0 saturated heterocycles. The lowest BCUT2D eigenvalue weighted by Gasteiger charge is -2.05. The van der Waals surface area contributed by atoms with Gasteiger partial charge in [-0.2, -0.15) is 0 Å². The van der Waals surface area contributed by atoms with Gasteiger partial charge >= 0.3 is 5.63 Å². The van der Waals surface area contributed by atoms with Crippen LogP contribution in [0.4, 0.5) is 5.00 Å². The largest absolute Gasteiger partial charge is 0.422 e. The van der Waals surface area contributed by atoms with E-state index in [0.29, 0.717) is 32.5 Å². The van der Waals surface area contributed by atoms with Gasteiger partial charge in [0.2, 0.25) is 5.91 Å². The molecule has 2 aromatic heterocycles. The number of nitrogens with one attached hydrogen (secondary N) is 2. The highest BCUT2D eigenvalue weighted by Gasteiger charge is 2.20. The molecule has 0 unspecified atom stereocenters. The number of rotatable bonds is 7. The molecule has 0 fully saturated rings. The van der Waals surface area contributed by atoms with E-state index in [1.54, 1.807) is 24.3 Å². The van der Waals surface area contributed by atoms with Crippen molar-refractivity contribution in [1.82, 2.24) is 10.3 Å². The van der Waals surface area contributed by atoms with Crippen LogP contribution in [-0.2, 0) is 4.79 Å². The third kappa shape index (κ3) is 4.90. The van der Waals surface area contributed by atoms with Gasteiger partial charge < -0.3 is 15.1 Å². The Morgan fingerprint density at radius 2 is 1.84 bits per heavy atom. The molecule has 0 aliphatic rings. The number of benzene rings is 2. The van der Waals surface area contributed by atoms with Crippen molar-refractivity contribution in [2.45, 2.75) is 11.3 Å². The summed E-state index contributed by atoms with van der Waals surface area (Å²) in [5.41, 5.74) is 1.01. The van der Waals surface area contributed by atoms with Gasteiger partial charge in [-0.15, -0.1) is 0 Å². The van der Waals surface area contributed by atoms with E-state index in [1.165, 1.54) is 29.2 Å². The van der Waals surface area contributed by atoms with Crippen molar-refractivity contribution < 1.29 is 14.0 Å². The Labute approximate surface area is 191 Å². The molecule has 0 aliphatic heterocycles.